The molecular weight excluding hydrogens is 206 g/mol. The average Bonchev–Trinajstić information content (AvgIpc) is 2.06. The topological polar surface area (TPSA) is 75.6 Å². The van der Waals surface area contributed by atoms with Crippen molar-refractivity contribution in [2.75, 3.05) is 11.3 Å². The molecule has 0 amide bonds. The monoisotopic (exact) mass is 217 g/mol. The van der Waals surface area contributed by atoms with Crippen molar-refractivity contribution in [3.63, 3.8) is 0 Å². The molecule has 1 aromatic rings. The molecule has 0 radical (unpaired) electrons. The molecule has 0 bridgehead atoms. The van der Waals surface area contributed by atoms with E-state index in [2.05, 4.69) is 0 Å². The maximum Gasteiger partial charge on any atom is 0.357 e. The Morgan fingerprint density at radius 1 is 1.36 bits per heavy atom. The van der Waals surface area contributed by atoms with E-state index >= 15 is 0 Å². The van der Waals surface area contributed by atoms with Gasteiger partial charge < -0.3 is 4.74 Å². The first-order chi connectivity index (χ1) is 6.51. The van der Waals surface area contributed by atoms with Crippen LogP contribution in [0, 0.1) is 0 Å². The van der Waals surface area contributed by atoms with Gasteiger partial charge in [0.05, 0.1) is 12.3 Å². The Morgan fingerprint density at radius 3 is 2.36 bits per heavy atom. The van der Waals surface area contributed by atoms with E-state index in [0.29, 0.717) is 12.4 Å². The third-order valence-corrected chi connectivity index (χ3v) is 1.91. The van der Waals surface area contributed by atoms with E-state index in [1.165, 1.54) is 12.1 Å². The van der Waals surface area contributed by atoms with Crippen LogP contribution in [0.5, 0.6) is 5.75 Å². The van der Waals surface area contributed by atoms with Gasteiger partial charge in [0.25, 0.3) is 0 Å². The summed E-state index contributed by atoms with van der Waals surface area (Å²) in [5.74, 6) is 0.647. The predicted octanol–water partition coefficient (Wildman–Crippen LogP) is 1.30. The lowest BCUT2D eigenvalue weighted by molar-refractivity contribution is 0.340. The van der Waals surface area contributed by atoms with Gasteiger partial charge in [-0.3, -0.25) is 9.27 Å². The molecule has 0 saturated carbocycles. The summed E-state index contributed by atoms with van der Waals surface area (Å²) in [5.41, 5.74) is 0.288. The Balaban J connectivity index is 2.74. The van der Waals surface area contributed by atoms with E-state index in [9.17, 15) is 8.42 Å². The van der Waals surface area contributed by atoms with Crippen molar-refractivity contribution in [1.82, 2.24) is 0 Å². The fourth-order valence-electron chi connectivity index (χ4n) is 0.935. The van der Waals surface area contributed by atoms with Gasteiger partial charge in [0.15, 0.2) is 0 Å². The van der Waals surface area contributed by atoms with Gasteiger partial charge in [0.2, 0.25) is 0 Å². The molecule has 14 heavy (non-hydrogen) atoms. The van der Waals surface area contributed by atoms with Crippen molar-refractivity contribution in [3.8, 4) is 5.75 Å². The molecule has 0 saturated heterocycles. The maximum atomic E-state index is 10.4. The lowest BCUT2D eigenvalue weighted by Gasteiger charge is -2.04. The molecule has 0 unspecified atom stereocenters. The summed E-state index contributed by atoms with van der Waals surface area (Å²) in [6.45, 7) is 2.40. The third kappa shape index (κ3) is 3.63. The molecule has 6 heteroatoms. The van der Waals surface area contributed by atoms with E-state index in [-0.39, 0.29) is 5.69 Å². The van der Waals surface area contributed by atoms with Crippen LogP contribution in [0.2, 0.25) is 0 Å². The van der Waals surface area contributed by atoms with Crippen LogP contribution in [-0.2, 0) is 10.3 Å². The molecule has 0 aromatic heterocycles. The van der Waals surface area contributed by atoms with Gasteiger partial charge in [-0.2, -0.15) is 8.42 Å². The van der Waals surface area contributed by atoms with Crippen molar-refractivity contribution in [1.29, 1.82) is 0 Å². The van der Waals surface area contributed by atoms with Crippen LogP contribution in [0.25, 0.3) is 0 Å². The zero-order valence-corrected chi connectivity index (χ0v) is 8.41. The number of nitrogens with one attached hydrogen (secondary N) is 1. The minimum atomic E-state index is -4.19. The van der Waals surface area contributed by atoms with Crippen LogP contribution in [0.3, 0.4) is 0 Å². The third-order valence-electron chi connectivity index (χ3n) is 1.41. The van der Waals surface area contributed by atoms with Crippen LogP contribution in [0.4, 0.5) is 5.69 Å². The van der Waals surface area contributed by atoms with Gasteiger partial charge in [-0.25, -0.2) is 0 Å². The first-order valence-corrected chi connectivity index (χ1v) is 5.43. The molecule has 0 atom stereocenters. The minimum Gasteiger partial charge on any atom is -0.494 e. The average molecular weight is 217 g/mol. The molecule has 5 nitrogen and oxygen atoms in total. The molecule has 1 rings (SSSR count). The lowest BCUT2D eigenvalue weighted by atomic mass is 10.3. The molecule has 78 valence electrons. The number of ether oxygens (including phenoxy) is 1. The second kappa shape index (κ2) is 4.30. The zero-order valence-electron chi connectivity index (χ0n) is 7.60. The van der Waals surface area contributed by atoms with Crippen molar-refractivity contribution in [2.24, 2.45) is 0 Å². The van der Waals surface area contributed by atoms with E-state index in [1.54, 1.807) is 12.1 Å². The summed E-state index contributed by atoms with van der Waals surface area (Å²) >= 11 is 0. The van der Waals surface area contributed by atoms with E-state index < -0.39 is 10.3 Å². The summed E-state index contributed by atoms with van der Waals surface area (Å²) in [7, 11) is -4.19. The fourth-order valence-corrected chi connectivity index (χ4v) is 1.37. The summed E-state index contributed by atoms with van der Waals surface area (Å²) in [5, 5.41) is 0. The molecule has 0 aliphatic rings. The molecule has 0 aliphatic carbocycles. The first-order valence-electron chi connectivity index (χ1n) is 3.99. The molecule has 0 heterocycles. The zero-order chi connectivity index (χ0) is 10.6. The SMILES string of the molecule is CCOc1ccc(NS(=O)(=O)O)cc1. The van der Waals surface area contributed by atoms with Crippen molar-refractivity contribution < 1.29 is 17.7 Å². The van der Waals surface area contributed by atoms with E-state index in [1.807, 2.05) is 11.6 Å². The van der Waals surface area contributed by atoms with Gasteiger partial charge in [-0.15, -0.1) is 0 Å². The van der Waals surface area contributed by atoms with Crippen molar-refractivity contribution >= 4 is 16.0 Å². The number of hydrogen-bond acceptors (Lipinski definition) is 3. The van der Waals surface area contributed by atoms with Crippen LogP contribution in [0.1, 0.15) is 6.92 Å². The van der Waals surface area contributed by atoms with Crippen LogP contribution in [0.15, 0.2) is 24.3 Å². The second-order valence-corrected chi connectivity index (χ2v) is 3.69. The second-order valence-electron chi connectivity index (χ2n) is 2.53. The summed E-state index contributed by atoms with van der Waals surface area (Å²) in [6, 6.07) is 6.21. The van der Waals surface area contributed by atoms with Gasteiger partial charge in [-0.05, 0) is 31.2 Å². The van der Waals surface area contributed by atoms with Crippen molar-refractivity contribution in [2.45, 2.75) is 6.92 Å². The highest BCUT2D eigenvalue weighted by Crippen LogP contribution is 2.15. The summed E-state index contributed by atoms with van der Waals surface area (Å²) < 4.78 is 36.4. The highest BCUT2D eigenvalue weighted by molar-refractivity contribution is 7.87. The van der Waals surface area contributed by atoms with Gasteiger partial charge >= 0.3 is 10.3 Å². The molecular formula is C8H11NO4S. The number of rotatable bonds is 4. The Kier molecular flexibility index (Phi) is 3.32. The fraction of sp³-hybridized carbons (Fsp3) is 0.250. The Labute approximate surface area is 82.6 Å². The summed E-state index contributed by atoms with van der Waals surface area (Å²) in [4.78, 5) is 0. The highest BCUT2D eigenvalue weighted by Gasteiger charge is 2.03. The first kappa shape index (κ1) is 10.8. The van der Waals surface area contributed by atoms with Gasteiger partial charge in [0, 0.05) is 0 Å². The molecule has 0 aliphatic heterocycles. The predicted molar refractivity (Wildman–Crippen MR) is 52.8 cm³/mol. The largest absolute Gasteiger partial charge is 0.494 e. The maximum absolute atomic E-state index is 10.4. The van der Waals surface area contributed by atoms with E-state index in [4.69, 9.17) is 9.29 Å². The molecule has 0 fully saturated rings. The Hall–Kier alpha value is -1.27. The van der Waals surface area contributed by atoms with Gasteiger partial charge in [0.1, 0.15) is 5.75 Å². The van der Waals surface area contributed by atoms with E-state index in [0.717, 1.165) is 0 Å². The van der Waals surface area contributed by atoms with Crippen molar-refractivity contribution in [3.05, 3.63) is 24.3 Å². The summed E-state index contributed by atoms with van der Waals surface area (Å²) in [6.07, 6.45) is 0. The smallest absolute Gasteiger partial charge is 0.357 e. The molecule has 0 spiro atoms. The minimum absolute atomic E-state index is 0.288. The Morgan fingerprint density at radius 2 is 1.93 bits per heavy atom. The van der Waals surface area contributed by atoms with Gasteiger partial charge in [-0.1, -0.05) is 0 Å². The number of anilines is 1. The highest BCUT2D eigenvalue weighted by atomic mass is 32.2. The number of benzene rings is 1. The van der Waals surface area contributed by atoms with Crippen LogP contribution >= 0.6 is 0 Å². The number of hydrogen-bond donors (Lipinski definition) is 2. The lowest BCUT2D eigenvalue weighted by Crippen LogP contribution is -2.10. The van der Waals surface area contributed by atoms with Crippen LogP contribution in [-0.4, -0.2) is 19.6 Å². The quantitative estimate of drug-likeness (QED) is 0.745. The Bertz CT molecular complexity index is 384. The normalized spacial score (nSPS) is 11.0. The molecule has 1 aromatic carbocycles. The van der Waals surface area contributed by atoms with Crippen LogP contribution < -0.4 is 9.46 Å². The standard InChI is InChI=1S/C8H11NO4S/c1-2-13-8-5-3-7(4-6-8)9-14(10,11)12/h3-6,9H,2H2,1H3,(H,10,11,12). The molecule has 2 N–H and O–H groups in total.